The topological polar surface area (TPSA) is 44.7 Å². The first-order valence-corrected chi connectivity index (χ1v) is 8.35. The van der Waals surface area contributed by atoms with Crippen LogP contribution in [0.3, 0.4) is 0 Å². The van der Waals surface area contributed by atoms with Gasteiger partial charge in [-0.15, -0.1) is 0 Å². The molecule has 2 aromatic heterocycles. The van der Waals surface area contributed by atoms with Crippen LogP contribution in [0.25, 0.3) is 16.9 Å². The van der Waals surface area contributed by atoms with Crippen molar-refractivity contribution in [3.05, 3.63) is 59.4 Å². The highest BCUT2D eigenvalue weighted by molar-refractivity contribution is 6.33. The third-order valence-electron chi connectivity index (χ3n) is 4.10. The summed E-state index contributed by atoms with van der Waals surface area (Å²) >= 11 is 6.38. The Hall–Kier alpha value is -2.37. The van der Waals surface area contributed by atoms with Crippen molar-refractivity contribution in [2.45, 2.75) is 0 Å². The summed E-state index contributed by atoms with van der Waals surface area (Å²) in [5.41, 5.74) is 2.98. The van der Waals surface area contributed by atoms with E-state index in [-0.39, 0.29) is 0 Å². The van der Waals surface area contributed by atoms with Crippen LogP contribution >= 0.6 is 11.6 Å². The molecule has 0 radical (unpaired) electrons. The zero-order valence-electron chi connectivity index (χ0n) is 13.2. The van der Waals surface area contributed by atoms with Gasteiger partial charge in [0.2, 0.25) is 0 Å². The van der Waals surface area contributed by atoms with Gasteiger partial charge in [-0.05, 0) is 24.3 Å². The maximum absolute atomic E-state index is 6.38. The predicted octanol–water partition coefficient (Wildman–Crippen LogP) is 2.74. The summed E-state index contributed by atoms with van der Waals surface area (Å²) in [6.45, 7) is 3.09. The van der Waals surface area contributed by atoms with Crippen molar-refractivity contribution >= 4 is 23.3 Å². The molecule has 0 saturated carbocycles. The van der Waals surface area contributed by atoms with Crippen LogP contribution in [0.4, 0.5) is 0 Å². The Balaban J connectivity index is 1.77. The van der Waals surface area contributed by atoms with Gasteiger partial charge in [0.05, 0.1) is 49.3 Å². The average molecular weight is 342 g/mol. The molecule has 6 heteroatoms. The smallest absolute Gasteiger partial charge is 0.293 e. The fourth-order valence-corrected chi connectivity index (χ4v) is 3.09. The molecule has 1 fully saturated rings. The zero-order chi connectivity index (χ0) is 16.4. The van der Waals surface area contributed by atoms with E-state index in [1.54, 1.807) is 0 Å². The predicted molar refractivity (Wildman–Crippen MR) is 94.4 cm³/mol. The maximum Gasteiger partial charge on any atom is 0.293 e. The number of hydrogen-bond acceptors (Lipinski definition) is 3. The van der Waals surface area contributed by atoms with Crippen LogP contribution in [0.15, 0.2) is 53.8 Å². The second-order valence-corrected chi connectivity index (χ2v) is 6.04. The highest BCUT2D eigenvalue weighted by Gasteiger charge is 2.20. The molecule has 3 heterocycles. The quantitative estimate of drug-likeness (QED) is 0.588. The second kappa shape index (κ2) is 6.63. The lowest BCUT2D eigenvalue weighted by molar-refractivity contribution is -0.498. The van der Waals surface area contributed by atoms with E-state index in [2.05, 4.69) is 20.6 Å². The van der Waals surface area contributed by atoms with E-state index in [4.69, 9.17) is 16.3 Å². The molecule has 1 aliphatic heterocycles. The van der Waals surface area contributed by atoms with E-state index in [0.29, 0.717) is 5.02 Å². The number of benzene rings is 1. The molecule has 0 unspecified atom stereocenters. The molecule has 0 amide bonds. The maximum atomic E-state index is 6.38. The van der Waals surface area contributed by atoms with Crippen LogP contribution in [-0.4, -0.2) is 42.5 Å². The van der Waals surface area contributed by atoms with Crippen molar-refractivity contribution in [3.8, 4) is 11.4 Å². The fraction of sp³-hybridized carbons (Fsp3) is 0.222. The Kier molecular flexibility index (Phi) is 4.19. The summed E-state index contributed by atoms with van der Waals surface area (Å²) in [6, 6.07) is 13.9. The number of morpholine rings is 1. The Morgan fingerprint density at radius 3 is 2.75 bits per heavy atom. The molecule has 0 bridgehead atoms. The van der Waals surface area contributed by atoms with E-state index < -0.39 is 0 Å². The van der Waals surface area contributed by atoms with Crippen molar-refractivity contribution in [3.63, 3.8) is 0 Å². The number of rotatable bonds is 3. The monoisotopic (exact) mass is 341 g/mol. The van der Waals surface area contributed by atoms with Crippen LogP contribution in [0.5, 0.6) is 0 Å². The van der Waals surface area contributed by atoms with Crippen LogP contribution in [0.2, 0.25) is 5.02 Å². The van der Waals surface area contributed by atoms with E-state index in [1.807, 2.05) is 53.8 Å². The summed E-state index contributed by atoms with van der Waals surface area (Å²) in [7, 11) is 0. The third kappa shape index (κ3) is 2.88. The Bertz CT molecular complexity index is 884. The average Bonchev–Trinajstić information content (AvgIpc) is 3.00. The second-order valence-electron chi connectivity index (χ2n) is 5.63. The number of pyridine rings is 1. The molecule has 24 heavy (non-hydrogen) atoms. The van der Waals surface area contributed by atoms with E-state index in [0.717, 1.165) is 48.9 Å². The van der Waals surface area contributed by atoms with Crippen molar-refractivity contribution in [1.29, 1.82) is 0 Å². The lowest BCUT2D eigenvalue weighted by atomic mass is 10.2. The van der Waals surface area contributed by atoms with Gasteiger partial charge >= 0.3 is 0 Å². The van der Waals surface area contributed by atoms with E-state index >= 15 is 0 Å². The number of nitrogens with zero attached hydrogens (tertiary/aromatic N) is 3. The van der Waals surface area contributed by atoms with Gasteiger partial charge in [0.1, 0.15) is 0 Å². The summed E-state index contributed by atoms with van der Waals surface area (Å²) in [6.07, 6.45) is 3.90. The Morgan fingerprint density at radius 2 is 1.92 bits per heavy atom. The molecule has 0 spiro atoms. The molecule has 1 saturated heterocycles. The SMILES string of the molecule is Clc1ccccc1-c1[nH]c(C=NN2CCOCC2)c2cccc[n+]12. The normalized spacial score (nSPS) is 15.5. The molecule has 1 aromatic carbocycles. The largest absolute Gasteiger partial charge is 0.378 e. The number of aromatic amines is 1. The molecule has 1 N–H and O–H groups in total. The minimum atomic E-state index is 0.716. The fourth-order valence-electron chi connectivity index (χ4n) is 2.87. The number of nitrogens with one attached hydrogen (secondary N) is 1. The minimum Gasteiger partial charge on any atom is -0.378 e. The Morgan fingerprint density at radius 1 is 1.12 bits per heavy atom. The number of hydrogen-bond donors (Lipinski definition) is 1. The molecular formula is C18H18ClN4O+. The molecule has 1 aliphatic rings. The highest BCUT2D eigenvalue weighted by Crippen LogP contribution is 2.25. The first-order valence-electron chi connectivity index (χ1n) is 7.97. The van der Waals surface area contributed by atoms with Gasteiger partial charge in [-0.25, -0.2) is 4.98 Å². The zero-order valence-corrected chi connectivity index (χ0v) is 13.9. The van der Waals surface area contributed by atoms with Crippen molar-refractivity contribution < 1.29 is 9.14 Å². The number of ether oxygens (including phenoxy) is 1. The van der Waals surface area contributed by atoms with E-state index in [1.165, 1.54) is 0 Å². The number of H-pyrrole nitrogens is 1. The molecule has 5 nitrogen and oxygen atoms in total. The third-order valence-corrected chi connectivity index (χ3v) is 4.43. The molecular weight excluding hydrogens is 324 g/mol. The highest BCUT2D eigenvalue weighted by atomic mass is 35.5. The minimum absolute atomic E-state index is 0.716. The summed E-state index contributed by atoms with van der Waals surface area (Å²) in [5.74, 6) is 0.944. The van der Waals surface area contributed by atoms with Gasteiger partial charge in [0.25, 0.3) is 5.82 Å². The molecule has 4 rings (SSSR count). The van der Waals surface area contributed by atoms with Gasteiger partial charge in [0.15, 0.2) is 11.2 Å². The van der Waals surface area contributed by atoms with Crippen molar-refractivity contribution in [2.75, 3.05) is 26.3 Å². The van der Waals surface area contributed by atoms with Crippen molar-refractivity contribution in [1.82, 2.24) is 9.99 Å². The van der Waals surface area contributed by atoms with Crippen LogP contribution in [-0.2, 0) is 4.74 Å². The first-order chi connectivity index (χ1) is 11.8. The first kappa shape index (κ1) is 15.2. The standard InChI is InChI=1S/C18H17ClN4O/c19-15-6-2-1-5-14(15)18-21-16(17-7-3-4-8-23(17)18)13-20-22-9-11-24-12-10-22/h1-8,13H,9-12H2/p+1. The lowest BCUT2D eigenvalue weighted by Crippen LogP contribution is -2.32. The summed E-state index contributed by atoms with van der Waals surface area (Å²) in [5, 5.41) is 7.33. The summed E-state index contributed by atoms with van der Waals surface area (Å²) in [4.78, 5) is 3.46. The molecule has 0 aliphatic carbocycles. The summed E-state index contributed by atoms with van der Waals surface area (Å²) < 4.78 is 7.45. The molecule has 122 valence electrons. The van der Waals surface area contributed by atoms with E-state index in [9.17, 15) is 0 Å². The molecule has 3 aromatic rings. The van der Waals surface area contributed by atoms with Gasteiger partial charge in [-0.3, -0.25) is 5.01 Å². The van der Waals surface area contributed by atoms with Crippen LogP contribution in [0, 0.1) is 0 Å². The number of halogens is 1. The Labute approximate surface area is 145 Å². The number of fused-ring (bicyclic) bond motifs is 1. The lowest BCUT2D eigenvalue weighted by Gasteiger charge is -2.23. The van der Waals surface area contributed by atoms with Gasteiger partial charge in [0, 0.05) is 0 Å². The van der Waals surface area contributed by atoms with Gasteiger partial charge in [-0.2, -0.15) is 9.50 Å². The number of hydrazone groups is 1. The van der Waals surface area contributed by atoms with Gasteiger partial charge < -0.3 is 4.74 Å². The molecule has 0 atom stereocenters. The van der Waals surface area contributed by atoms with Gasteiger partial charge in [-0.1, -0.05) is 29.8 Å². The van der Waals surface area contributed by atoms with Crippen molar-refractivity contribution in [2.24, 2.45) is 5.10 Å². The number of aromatic nitrogens is 2. The number of imidazole rings is 1. The van der Waals surface area contributed by atoms with Crippen LogP contribution < -0.4 is 4.40 Å². The van der Waals surface area contributed by atoms with Crippen LogP contribution in [0.1, 0.15) is 5.69 Å².